The van der Waals surface area contributed by atoms with Crippen LogP contribution in [0.4, 0.5) is 5.69 Å². The van der Waals surface area contributed by atoms with Crippen LogP contribution in [0.1, 0.15) is 12.5 Å². The Labute approximate surface area is 145 Å². The molecule has 0 heterocycles. The SMILES string of the molecule is CCN(Cc1ccccc1)C(=O)C(=O)Nc1cccc(Cl)c1Cl. The summed E-state index contributed by atoms with van der Waals surface area (Å²) in [7, 11) is 0. The van der Waals surface area contributed by atoms with Gasteiger partial charge in [-0.1, -0.05) is 59.6 Å². The number of nitrogens with one attached hydrogen (secondary N) is 1. The van der Waals surface area contributed by atoms with Crippen molar-refractivity contribution in [3.8, 4) is 0 Å². The molecule has 0 aromatic heterocycles. The van der Waals surface area contributed by atoms with Crippen molar-refractivity contribution >= 4 is 40.7 Å². The van der Waals surface area contributed by atoms with Gasteiger partial charge in [-0.2, -0.15) is 0 Å². The van der Waals surface area contributed by atoms with Crippen molar-refractivity contribution in [2.24, 2.45) is 0 Å². The smallest absolute Gasteiger partial charge is 0.313 e. The molecule has 0 spiro atoms. The minimum absolute atomic E-state index is 0.210. The van der Waals surface area contributed by atoms with E-state index >= 15 is 0 Å². The molecule has 23 heavy (non-hydrogen) atoms. The first-order valence-electron chi connectivity index (χ1n) is 7.11. The summed E-state index contributed by atoms with van der Waals surface area (Å²) in [6.45, 7) is 2.61. The molecular weight excluding hydrogens is 335 g/mol. The molecular formula is C17H16Cl2N2O2. The molecule has 0 atom stereocenters. The number of likely N-dealkylation sites (N-methyl/N-ethyl adjacent to an activating group) is 1. The van der Waals surface area contributed by atoms with E-state index in [1.165, 1.54) is 4.90 Å². The van der Waals surface area contributed by atoms with Gasteiger partial charge in [0.2, 0.25) is 0 Å². The van der Waals surface area contributed by atoms with Crippen LogP contribution in [0.15, 0.2) is 48.5 Å². The van der Waals surface area contributed by atoms with E-state index in [9.17, 15) is 9.59 Å². The highest BCUT2D eigenvalue weighted by Gasteiger charge is 2.21. The van der Waals surface area contributed by atoms with Crippen molar-refractivity contribution in [2.45, 2.75) is 13.5 Å². The Hall–Kier alpha value is -2.04. The first-order chi connectivity index (χ1) is 11.0. The van der Waals surface area contributed by atoms with E-state index in [1.807, 2.05) is 37.3 Å². The minimum Gasteiger partial charge on any atom is -0.330 e. The van der Waals surface area contributed by atoms with Gasteiger partial charge < -0.3 is 10.2 Å². The van der Waals surface area contributed by atoms with Crippen LogP contribution in [0.25, 0.3) is 0 Å². The summed E-state index contributed by atoms with van der Waals surface area (Å²) >= 11 is 11.9. The zero-order valence-corrected chi connectivity index (χ0v) is 14.1. The van der Waals surface area contributed by atoms with E-state index in [4.69, 9.17) is 23.2 Å². The van der Waals surface area contributed by atoms with Gasteiger partial charge in [0.15, 0.2) is 0 Å². The Morgan fingerprint density at radius 3 is 2.39 bits per heavy atom. The zero-order valence-electron chi connectivity index (χ0n) is 12.6. The quantitative estimate of drug-likeness (QED) is 0.847. The summed E-state index contributed by atoms with van der Waals surface area (Å²) in [5.41, 5.74) is 1.27. The second-order valence-electron chi connectivity index (χ2n) is 4.86. The summed E-state index contributed by atoms with van der Waals surface area (Å²) in [6.07, 6.45) is 0. The normalized spacial score (nSPS) is 10.2. The number of rotatable bonds is 4. The molecule has 120 valence electrons. The second-order valence-corrected chi connectivity index (χ2v) is 5.65. The molecule has 0 unspecified atom stereocenters. The Morgan fingerprint density at radius 2 is 1.74 bits per heavy atom. The molecule has 0 aliphatic carbocycles. The van der Waals surface area contributed by atoms with E-state index in [0.29, 0.717) is 23.8 Å². The lowest BCUT2D eigenvalue weighted by Gasteiger charge is -2.20. The molecule has 0 radical (unpaired) electrons. The van der Waals surface area contributed by atoms with Crippen molar-refractivity contribution in [1.29, 1.82) is 0 Å². The molecule has 0 saturated carbocycles. The van der Waals surface area contributed by atoms with Gasteiger partial charge in [0.05, 0.1) is 15.7 Å². The number of hydrogen-bond acceptors (Lipinski definition) is 2. The summed E-state index contributed by atoms with van der Waals surface area (Å²) < 4.78 is 0. The van der Waals surface area contributed by atoms with Gasteiger partial charge in [0, 0.05) is 13.1 Å². The lowest BCUT2D eigenvalue weighted by molar-refractivity contribution is -0.143. The van der Waals surface area contributed by atoms with Crippen LogP contribution in [0.2, 0.25) is 10.0 Å². The number of carbonyl (C=O) groups is 2. The standard InChI is InChI=1S/C17H16Cl2N2O2/c1-2-21(11-12-7-4-3-5-8-12)17(23)16(22)20-14-10-6-9-13(18)15(14)19/h3-10H,2,11H2,1H3,(H,20,22). The van der Waals surface area contributed by atoms with Crippen LogP contribution in [0, 0.1) is 0 Å². The number of amides is 2. The molecule has 4 nitrogen and oxygen atoms in total. The first kappa shape index (κ1) is 17.3. The maximum Gasteiger partial charge on any atom is 0.313 e. The zero-order chi connectivity index (χ0) is 16.8. The fraction of sp³-hybridized carbons (Fsp3) is 0.176. The van der Waals surface area contributed by atoms with Crippen molar-refractivity contribution in [3.63, 3.8) is 0 Å². The van der Waals surface area contributed by atoms with Gasteiger partial charge >= 0.3 is 11.8 Å². The van der Waals surface area contributed by atoms with Gasteiger partial charge in [-0.25, -0.2) is 0 Å². The number of anilines is 1. The van der Waals surface area contributed by atoms with E-state index in [-0.39, 0.29) is 5.02 Å². The lowest BCUT2D eigenvalue weighted by Crippen LogP contribution is -2.39. The third kappa shape index (κ3) is 4.47. The monoisotopic (exact) mass is 350 g/mol. The van der Waals surface area contributed by atoms with Crippen LogP contribution in [0.3, 0.4) is 0 Å². The number of carbonyl (C=O) groups excluding carboxylic acids is 2. The highest BCUT2D eigenvalue weighted by atomic mass is 35.5. The molecule has 0 saturated heterocycles. The van der Waals surface area contributed by atoms with Crippen molar-refractivity contribution < 1.29 is 9.59 Å². The molecule has 0 fully saturated rings. The molecule has 6 heteroatoms. The number of hydrogen-bond donors (Lipinski definition) is 1. The Balaban J connectivity index is 2.08. The maximum atomic E-state index is 12.3. The van der Waals surface area contributed by atoms with Crippen LogP contribution >= 0.6 is 23.2 Å². The molecule has 0 bridgehead atoms. The second kappa shape index (κ2) is 7.99. The fourth-order valence-electron chi connectivity index (χ4n) is 2.05. The maximum absolute atomic E-state index is 12.3. The third-order valence-corrected chi connectivity index (χ3v) is 4.10. The van der Waals surface area contributed by atoms with E-state index in [2.05, 4.69) is 5.32 Å². The molecule has 2 rings (SSSR count). The number of benzene rings is 2. The average Bonchev–Trinajstić information content (AvgIpc) is 2.57. The van der Waals surface area contributed by atoms with Crippen molar-refractivity contribution in [3.05, 3.63) is 64.1 Å². The molecule has 2 aromatic rings. The van der Waals surface area contributed by atoms with E-state index < -0.39 is 11.8 Å². The predicted molar refractivity (Wildman–Crippen MR) is 92.6 cm³/mol. The van der Waals surface area contributed by atoms with Crippen LogP contribution < -0.4 is 5.32 Å². The number of halogens is 2. The summed E-state index contributed by atoms with van der Waals surface area (Å²) in [5, 5.41) is 3.03. The van der Waals surface area contributed by atoms with Gasteiger partial charge in [-0.3, -0.25) is 9.59 Å². The fourth-order valence-corrected chi connectivity index (χ4v) is 2.40. The third-order valence-electron chi connectivity index (χ3n) is 3.28. The van der Waals surface area contributed by atoms with Gasteiger partial charge in [-0.05, 0) is 24.6 Å². The van der Waals surface area contributed by atoms with Crippen LogP contribution in [0.5, 0.6) is 0 Å². The van der Waals surface area contributed by atoms with E-state index in [1.54, 1.807) is 18.2 Å². The lowest BCUT2D eigenvalue weighted by atomic mass is 10.2. The van der Waals surface area contributed by atoms with Gasteiger partial charge in [0.25, 0.3) is 0 Å². The summed E-state index contributed by atoms with van der Waals surface area (Å²) in [5.74, 6) is -1.36. The average molecular weight is 351 g/mol. The predicted octanol–water partition coefficient (Wildman–Crippen LogP) is 3.98. The Bertz CT molecular complexity index is 705. The largest absolute Gasteiger partial charge is 0.330 e. The highest BCUT2D eigenvalue weighted by Crippen LogP contribution is 2.29. The molecule has 2 amide bonds. The minimum atomic E-state index is -0.744. The molecule has 0 aliphatic heterocycles. The number of nitrogens with zero attached hydrogens (tertiary/aromatic N) is 1. The van der Waals surface area contributed by atoms with Crippen molar-refractivity contribution in [2.75, 3.05) is 11.9 Å². The Morgan fingerprint density at radius 1 is 1.04 bits per heavy atom. The van der Waals surface area contributed by atoms with Crippen LogP contribution in [-0.2, 0) is 16.1 Å². The topological polar surface area (TPSA) is 49.4 Å². The van der Waals surface area contributed by atoms with Crippen molar-refractivity contribution in [1.82, 2.24) is 4.90 Å². The summed E-state index contributed by atoms with van der Waals surface area (Å²) in [6, 6.07) is 14.3. The highest BCUT2D eigenvalue weighted by molar-refractivity contribution is 6.45. The molecule has 1 N–H and O–H groups in total. The van der Waals surface area contributed by atoms with Gasteiger partial charge in [-0.15, -0.1) is 0 Å². The van der Waals surface area contributed by atoms with Gasteiger partial charge in [0.1, 0.15) is 0 Å². The van der Waals surface area contributed by atoms with Crippen LogP contribution in [-0.4, -0.2) is 23.3 Å². The molecule has 0 aliphatic rings. The Kier molecular flexibility index (Phi) is 6.02. The summed E-state index contributed by atoms with van der Waals surface area (Å²) in [4.78, 5) is 25.9. The first-order valence-corrected chi connectivity index (χ1v) is 7.86. The van der Waals surface area contributed by atoms with E-state index in [0.717, 1.165) is 5.56 Å². The molecule has 2 aromatic carbocycles.